The number of esters is 1. The van der Waals surface area contributed by atoms with Crippen molar-refractivity contribution in [2.75, 3.05) is 26.0 Å². The Bertz CT molecular complexity index is 1040. The smallest absolute Gasteiger partial charge is 0.331 e. The third kappa shape index (κ3) is 6.57. The van der Waals surface area contributed by atoms with Gasteiger partial charge in [-0.2, -0.15) is 0 Å². The van der Waals surface area contributed by atoms with E-state index in [1.165, 1.54) is 44.4 Å². The van der Waals surface area contributed by atoms with Gasteiger partial charge in [0.1, 0.15) is 0 Å². The van der Waals surface area contributed by atoms with E-state index in [4.69, 9.17) is 27.9 Å². The number of anilines is 1. The molecule has 0 unspecified atom stereocenters. The Kier molecular flexibility index (Phi) is 7.80. The summed E-state index contributed by atoms with van der Waals surface area (Å²) in [6.45, 7) is -0.498. The number of amides is 1. The van der Waals surface area contributed by atoms with Crippen molar-refractivity contribution in [3.63, 3.8) is 0 Å². The first kappa shape index (κ1) is 22.9. The number of halogens is 2. The molecule has 0 aromatic heterocycles. The third-order valence-corrected chi connectivity index (χ3v) is 6.19. The molecule has 0 aliphatic carbocycles. The van der Waals surface area contributed by atoms with Crippen LogP contribution in [0.5, 0.6) is 0 Å². The van der Waals surface area contributed by atoms with Crippen LogP contribution in [0.25, 0.3) is 6.08 Å². The van der Waals surface area contributed by atoms with E-state index in [1.54, 1.807) is 18.2 Å². The van der Waals surface area contributed by atoms with Crippen molar-refractivity contribution in [1.29, 1.82) is 0 Å². The van der Waals surface area contributed by atoms with E-state index >= 15 is 0 Å². The maximum Gasteiger partial charge on any atom is 0.331 e. The first-order valence-corrected chi connectivity index (χ1v) is 10.4. The Morgan fingerprint density at radius 3 is 2.31 bits per heavy atom. The normalized spacial score (nSPS) is 11.6. The van der Waals surface area contributed by atoms with Crippen molar-refractivity contribution < 1.29 is 22.7 Å². The summed E-state index contributed by atoms with van der Waals surface area (Å²) in [6, 6.07) is 10.5. The molecule has 0 radical (unpaired) electrons. The van der Waals surface area contributed by atoms with Crippen LogP contribution in [0.2, 0.25) is 10.0 Å². The molecule has 10 heteroatoms. The van der Waals surface area contributed by atoms with Gasteiger partial charge in [-0.15, -0.1) is 0 Å². The highest BCUT2D eigenvalue weighted by Gasteiger charge is 2.16. The zero-order chi connectivity index (χ0) is 21.6. The average molecular weight is 457 g/mol. The quantitative estimate of drug-likeness (QED) is 0.508. The second-order valence-electron chi connectivity index (χ2n) is 5.97. The summed E-state index contributed by atoms with van der Waals surface area (Å²) in [5.41, 5.74) is 1.02. The Balaban J connectivity index is 1.87. The highest BCUT2D eigenvalue weighted by molar-refractivity contribution is 7.89. The van der Waals surface area contributed by atoms with E-state index in [1.807, 2.05) is 0 Å². The number of benzene rings is 2. The number of carbonyl (C=O) groups is 2. The van der Waals surface area contributed by atoms with Gasteiger partial charge in [-0.05, 0) is 48.0 Å². The minimum Gasteiger partial charge on any atom is -0.452 e. The largest absolute Gasteiger partial charge is 0.452 e. The molecule has 154 valence electrons. The van der Waals surface area contributed by atoms with E-state index in [0.29, 0.717) is 21.3 Å². The van der Waals surface area contributed by atoms with Gasteiger partial charge in [-0.1, -0.05) is 29.3 Å². The van der Waals surface area contributed by atoms with Gasteiger partial charge in [-0.3, -0.25) is 4.79 Å². The van der Waals surface area contributed by atoms with Crippen molar-refractivity contribution in [1.82, 2.24) is 4.31 Å². The predicted octanol–water partition coefficient (Wildman–Crippen LogP) is 3.44. The molecule has 0 bridgehead atoms. The number of nitrogens with zero attached hydrogens (tertiary/aromatic N) is 1. The molecule has 0 saturated heterocycles. The van der Waals surface area contributed by atoms with Gasteiger partial charge in [0, 0.05) is 25.9 Å². The van der Waals surface area contributed by atoms with E-state index in [2.05, 4.69) is 5.32 Å². The Hall–Kier alpha value is -2.39. The monoisotopic (exact) mass is 456 g/mol. The Labute approximate surface area is 178 Å². The molecule has 0 fully saturated rings. The second kappa shape index (κ2) is 9.89. The maximum atomic E-state index is 12.0. The summed E-state index contributed by atoms with van der Waals surface area (Å²) in [4.78, 5) is 23.7. The van der Waals surface area contributed by atoms with E-state index in [0.717, 1.165) is 10.4 Å². The molecular formula is C19H18Cl2N2O5S. The second-order valence-corrected chi connectivity index (χ2v) is 8.94. The van der Waals surface area contributed by atoms with Gasteiger partial charge in [0.25, 0.3) is 5.91 Å². The summed E-state index contributed by atoms with van der Waals surface area (Å²) >= 11 is 11.7. The molecule has 2 aromatic carbocycles. The molecule has 2 rings (SSSR count). The SMILES string of the molecule is CN(C)S(=O)(=O)c1ccc(NC(=O)COC(=O)/C=C/c2ccc(Cl)c(Cl)c2)cc1. The summed E-state index contributed by atoms with van der Waals surface area (Å²) in [5, 5.41) is 3.26. The number of hydrogen-bond donors (Lipinski definition) is 1. The van der Waals surface area contributed by atoms with Gasteiger partial charge < -0.3 is 10.1 Å². The van der Waals surface area contributed by atoms with Crippen molar-refractivity contribution in [3.8, 4) is 0 Å². The zero-order valence-corrected chi connectivity index (χ0v) is 17.9. The van der Waals surface area contributed by atoms with Crippen LogP contribution < -0.4 is 5.32 Å². The van der Waals surface area contributed by atoms with Crippen LogP contribution in [0.3, 0.4) is 0 Å². The van der Waals surface area contributed by atoms with Crippen LogP contribution in [0.4, 0.5) is 5.69 Å². The third-order valence-electron chi connectivity index (χ3n) is 3.62. The van der Waals surface area contributed by atoms with E-state index < -0.39 is 28.5 Å². The first-order chi connectivity index (χ1) is 13.6. The van der Waals surface area contributed by atoms with Gasteiger partial charge in [-0.25, -0.2) is 17.5 Å². The molecule has 2 aromatic rings. The fraction of sp³-hybridized carbons (Fsp3) is 0.158. The number of nitrogens with one attached hydrogen (secondary N) is 1. The number of sulfonamides is 1. The summed E-state index contributed by atoms with van der Waals surface area (Å²) < 4.78 is 30.0. The van der Waals surface area contributed by atoms with E-state index in [-0.39, 0.29) is 4.90 Å². The van der Waals surface area contributed by atoms with Crippen LogP contribution in [0, 0.1) is 0 Å². The van der Waals surface area contributed by atoms with Gasteiger partial charge in [0.15, 0.2) is 6.61 Å². The predicted molar refractivity (Wildman–Crippen MR) is 112 cm³/mol. The van der Waals surface area contributed by atoms with Gasteiger partial charge in [0.2, 0.25) is 10.0 Å². The molecule has 0 spiro atoms. The number of rotatable bonds is 7. The molecule has 0 aliphatic rings. The molecule has 0 heterocycles. The Morgan fingerprint density at radius 2 is 1.72 bits per heavy atom. The minimum atomic E-state index is -3.55. The van der Waals surface area contributed by atoms with Crippen LogP contribution in [-0.4, -0.2) is 45.3 Å². The van der Waals surface area contributed by atoms with Crippen molar-refractivity contribution in [2.45, 2.75) is 4.90 Å². The van der Waals surface area contributed by atoms with Crippen molar-refractivity contribution in [2.24, 2.45) is 0 Å². The minimum absolute atomic E-state index is 0.0966. The maximum absolute atomic E-state index is 12.0. The molecule has 1 N–H and O–H groups in total. The molecule has 29 heavy (non-hydrogen) atoms. The number of carbonyl (C=O) groups excluding carboxylic acids is 2. The lowest BCUT2D eigenvalue weighted by molar-refractivity contribution is -0.142. The highest BCUT2D eigenvalue weighted by Crippen LogP contribution is 2.23. The molecule has 0 aliphatic heterocycles. The van der Waals surface area contributed by atoms with Gasteiger partial charge >= 0.3 is 5.97 Å². The topological polar surface area (TPSA) is 92.8 Å². The lowest BCUT2D eigenvalue weighted by Gasteiger charge is -2.12. The van der Waals surface area contributed by atoms with E-state index in [9.17, 15) is 18.0 Å². The lowest BCUT2D eigenvalue weighted by Crippen LogP contribution is -2.22. The zero-order valence-electron chi connectivity index (χ0n) is 15.6. The molecule has 7 nitrogen and oxygen atoms in total. The fourth-order valence-electron chi connectivity index (χ4n) is 2.08. The molecule has 0 saturated carbocycles. The van der Waals surface area contributed by atoms with Gasteiger partial charge in [0.05, 0.1) is 14.9 Å². The standard InChI is InChI=1S/C19H18Cl2N2O5S/c1-23(2)29(26,27)15-7-5-14(6-8-15)22-18(24)12-28-19(25)10-4-13-3-9-16(20)17(21)11-13/h3-11H,12H2,1-2H3,(H,22,24)/b10-4+. The van der Waals surface area contributed by atoms with Crippen molar-refractivity contribution in [3.05, 3.63) is 64.1 Å². The summed E-state index contributed by atoms with van der Waals surface area (Å²) in [7, 11) is -0.698. The summed E-state index contributed by atoms with van der Waals surface area (Å²) in [6.07, 6.45) is 2.64. The lowest BCUT2D eigenvalue weighted by atomic mass is 10.2. The average Bonchev–Trinajstić information content (AvgIpc) is 2.67. The van der Waals surface area contributed by atoms with Crippen LogP contribution in [0.1, 0.15) is 5.56 Å². The number of ether oxygens (including phenoxy) is 1. The first-order valence-electron chi connectivity index (χ1n) is 8.22. The highest BCUT2D eigenvalue weighted by atomic mass is 35.5. The van der Waals surface area contributed by atoms with Crippen LogP contribution >= 0.6 is 23.2 Å². The fourth-order valence-corrected chi connectivity index (χ4v) is 3.29. The van der Waals surface area contributed by atoms with Crippen molar-refractivity contribution >= 4 is 56.9 Å². The molecule has 1 amide bonds. The Morgan fingerprint density at radius 1 is 1.07 bits per heavy atom. The number of hydrogen-bond acceptors (Lipinski definition) is 5. The molecular weight excluding hydrogens is 439 g/mol. The molecule has 0 atom stereocenters. The van der Waals surface area contributed by atoms with Crippen LogP contribution in [-0.2, 0) is 24.3 Å². The van der Waals surface area contributed by atoms with Crippen LogP contribution in [0.15, 0.2) is 53.4 Å². The summed E-state index contributed by atoms with van der Waals surface area (Å²) in [5.74, 6) is -1.27.